The van der Waals surface area contributed by atoms with Gasteiger partial charge in [-0.25, -0.2) is 4.98 Å². The molecule has 0 N–H and O–H groups in total. The lowest BCUT2D eigenvalue weighted by molar-refractivity contribution is -0.131. The van der Waals surface area contributed by atoms with Crippen LogP contribution in [-0.2, 0) is 4.79 Å². The molecule has 0 saturated carbocycles. The molecule has 3 heterocycles. The summed E-state index contributed by atoms with van der Waals surface area (Å²) in [6.45, 7) is 7.65. The maximum Gasteiger partial charge on any atom is 0.227 e. The Balaban J connectivity index is 1.68. The smallest absolute Gasteiger partial charge is 0.227 e. The average molecular weight is 284 g/mol. The van der Waals surface area contributed by atoms with E-state index < -0.39 is 0 Å². The number of amides is 1. The predicted molar refractivity (Wildman–Crippen MR) is 79.6 cm³/mol. The molecule has 21 heavy (non-hydrogen) atoms. The molecule has 1 amide bonds. The van der Waals surface area contributed by atoms with Crippen LogP contribution in [0.3, 0.4) is 0 Å². The van der Waals surface area contributed by atoms with Crippen molar-refractivity contribution in [3.63, 3.8) is 0 Å². The monoisotopic (exact) mass is 284 g/mol. The van der Waals surface area contributed by atoms with Crippen molar-refractivity contribution in [1.82, 2.24) is 9.88 Å². The van der Waals surface area contributed by atoms with Crippen molar-refractivity contribution in [3.8, 4) is 6.07 Å². The summed E-state index contributed by atoms with van der Waals surface area (Å²) in [4.78, 5) is 21.0. The van der Waals surface area contributed by atoms with E-state index >= 15 is 0 Å². The zero-order chi connectivity index (χ0) is 15.0. The highest BCUT2D eigenvalue weighted by Crippen LogP contribution is 2.34. The first-order chi connectivity index (χ1) is 10.1. The van der Waals surface area contributed by atoms with Crippen LogP contribution < -0.4 is 4.90 Å². The quantitative estimate of drug-likeness (QED) is 0.844. The molecule has 2 aliphatic rings. The van der Waals surface area contributed by atoms with Crippen molar-refractivity contribution in [2.45, 2.75) is 13.8 Å². The Hall–Kier alpha value is -2.09. The topological polar surface area (TPSA) is 60.2 Å². The van der Waals surface area contributed by atoms with E-state index in [1.165, 1.54) is 0 Å². The summed E-state index contributed by atoms with van der Waals surface area (Å²) in [5.41, 5.74) is 0.567. The SMILES string of the molecule is CC(C)CN1C[C@@H]2CN(c3ccc(C#N)cn3)C[C@@H]2C1=O. The number of carbonyl (C=O) groups is 1. The Morgan fingerprint density at radius 2 is 2.19 bits per heavy atom. The van der Waals surface area contributed by atoms with Gasteiger partial charge in [-0.2, -0.15) is 5.26 Å². The first-order valence-electron chi connectivity index (χ1n) is 7.48. The molecule has 1 aromatic heterocycles. The van der Waals surface area contributed by atoms with Gasteiger partial charge >= 0.3 is 0 Å². The Morgan fingerprint density at radius 3 is 2.76 bits per heavy atom. The van der Waals surface area contributed by atoms with Crippen LogP contribution in [0.4, 0.5) is 5.82 Å². The fourth-order valence-corrected chi connectivity index (χ4v) is 3.38. The maximum atomic E-state index is 12.4. The van der Waals surface area contributed by atoms with E-state index in [9.17, 15) is 4.79 Å². The van der Waals surface area contributed by atoms with Gasteiger partial charge in [0.1, 0.15) is 11.9 Å². The van der Waals surface area contributed by atoms with Crippen molar-refractivity contribution >= 4 is 11.7 Å². The lowest BCUT2D eigenvalue weighted by atomic mass is 10.0. The van der Waals surface area contributed by atoms with Gasteiger partial charge in [-0.1, -0.05) is 13.8 Å². The zero-order valence-electron chi connectivity index (χ0n) is 12.5. The number of pyridine rings is 1. The van der Waals surface area contributed by atoms with Crippen LogP contribution in [0.15, 0.2) is 18.3 Å². The van der Waals surface area contributed by atoms with E-state index in [0.717, 1.165) is 32.0 Å². The third-order valence-electron chi connectivity index (χ3n) is 4.31. The van der Waals surface area contributed by atoms with Crippen LogP contribution >= 0.6 is 0 Å². The summed E-state index contributed by atoms with van der Waals surface area (Å²) in [6.07, 6.45) is 1.59. The van der Waals surface area contributed by atoms with Gasteiger partial charge in [0.15, 0.2) is 0 Å². The summed E-state index contributed by atoms with van der Waals surface area (Å²) < 4.78 is 0. The van der Waals surface area contributed by atoms with E-state index in [1.807, 2.05) is 11.0 Å². The summed E-state index contributed by atoms with van der Waals surface area (Å²) in [7, 11) is 0. The van der Waals surface area contributed by atoms with Gasteiger partial charge < -0.3 is 9.80 Å². The van der Waals surface area contributed by atoms with Gasteiger partial charge in [-0.15, -0.1) is 0 Å². The number of likely N-dealkylation sites (tertiary alicyclic amines) is 1. The molecule has 2 aliphatic heterocycles. The summed E-state index contributed by atoms with van der Waals surface area (Å²) in [5, 5.41) is 8.81. The number of nitrogens with zero attached hydrogens (tertiary/aromatic N) is 4. The molecule has 2 saturated heterocycles. The van der Waals surface area contributed by atoms with E-state index in [2.05, 4.69) is 29.8 Å². The molecule has 2 atom stereocenters. The normalized spacial score (nSPS) is 24.6. The fourth-order valence-electron chi connectivity index (χ4n) is 3.38. The molecule has 0 aliphatic carbocycles. The van der Waals surface area contributed by atoms with E-state index in [0.29, 0.717) is 23.3 Å². The highest BCUT2D eigenvalue weighted by molar-refractivity contribution is 5.83. The van der Waals surface area contributed by atoms with Crippen LogP contribution in [0.25, 0.3) is 0 Å². The molecular formula is C16H20N4O. The Morgan fingerprint density at radius 1 is 1.38 bits per heavy atom. The van der Waals surface area contributed by atoms with Gasteiger partial charge in [-0.05, 0) is 18.1 Å². The third kappa shape index (κ3) is 2.58. The van der Waals surface area contributed by atoms with E-state index in [1.54, 1.807) is 12.3 Å². The molecule has 3 rings (SSSR count). The van der Waals surface area contributed by atoms with Crippen molar-refractivity contribution in [1.29, 1.82) is 5.26 Å². The highest BCUT2D eigenvalue weighted by Gasteiger charge is 2.46. The number of hydrogen-bond acceptors (Lipinski definition) is 4. The molecule has 0 aromatic carbocycles. The number of rotatable bonds is 3. The molecule has 1 aromatic rings. The largest absolute Gasteiger partial charge is 0.355 e. The fraction of sp³-hybridized carbons (Fsp3) is 0.562. The van der Waals surface area contributed by atoms with Crippen LogP contribution in [0.1, 0.15) is 19.4 Å². The second-order valence-electron chi connectivity index (χ2n) is 6.43. The minimum absolute atomic E-state index is 0.112. The number of fused-ring (bicyclic) bond motifs is 1. The Bertz CT molecular complexity index is 575. The van der Waals surface area contributed by atoms with Crippen molar-refractivity contribution < 1.29 is 4.79 Å². The zero-order valence-corrected chi connectivity index (χ0v) is 12.5. The van der Waals surface area contributed by atoms with Gasteiger partial charge in [0.05, 0.1) is 11.5 Å². The second kappa shape index (κ2) is 5.36. The summed E-state index contributed by atoms with van der Waals surface area (Å²) in [6, 6.07) is 5.73. The molecule has 2 fully saturated rings. The number of anilines is 1. The van der Waals surface area contributed by atoms with Gasteiger partial charge in [0.2, 0.25) is 5.91 Å². The first-order valence-corrected chi connectivity index (χ1v) is 7.48. The molecule has 0 spiro atoms. The first kappa shape index (κ1) is 13.9. The second-order valence-corrected chi connectivity index (χ2v) is 6.43. The predicted octanol–water partition coefficient (Wildman–Crippen LogP) is 1.50. The van der Waals surface area contributed by atoms with Crippen LogP contribution in [-0.4, -0.2) is 42.0 Å². The molecule has 0 bridgehead atoms. The van der Waals surface area contributed by atoms with Crippen LogP contribution in [0.2, 0.25) is 0 Å². The Kier molecular flexibility index (Phi) is 3.54. The molecular weight excluding hydrogens is 264 g/mol. The number of aromatic nitrogens is 1. The standard InChI is InChI=1S/C16H20N4O/c1-11(2)7-20-9-13-8-19(10-14(13)16(20)21)15-4-3-12(5-17)6-18-15/h3-4,6,11,13-14H,7-10H2,1-2H3/t13-,14-/m0/s1. The molecule has 5 heteroatoms. The molecule has 5 nitrogen and oxygen atoms in total. The lowest BCUT2D eigenvalue weighted by Crippen LogP contribution is -2.35. The molecule has 0 radical (unpaired) electrons. The van der Waals surface area contributed by atoms with E-state index in [-0.39, 0.29) is 5.92 Å². The van der Waals surface area contributed by atoms with Gasteiger partial charge in [0.25, 0.3) is 0 Å². The van der Waals surface area contributed by atoms with Crippen molar-refractivity contribution in [3.05, 3.63) is 23.9 Å². The summed E-state index contributed by atoms with van der Waals surface area (Å²) in [5.74, 6) is 2.20. The molecule has 110 valence electrons. The van der Waals surface area contributed by atoms with Gasteiger partial charge in [-0.3, -0.25) is 4.79 Å². The minimum Gasteiger partial charge on any atom is -0.355 e. The Labute approximate surface area is 125 Å². The maximum absolute atomic E-state index is 12.4. The number of carbonyl (C=O) groups excluding carboxylic acids is 1. The summed E-state index contributed by atoms with van der Waals surface area (Å²) >= 11 is 0. The third-order valence-corrected chi connectivity index (χ3v) is 4.31. The average Bonchev–Trinajstić information content (AvgIpc) is 3.00. The van der Waals surface area contributed by atoms with E-state index in [4.69, 9.17) is 5.26 Å². The van der Waals surface area contributed by atoms with Crippen molar-refractivity contribution in [2.24, 2.45) is 17.8 Å². The minimum atomic E-state index is 0.112. The van der Waals surface area contributed by atoms with Gasteiger partial charge in [0, 0.05) is 38.3 Å². The molecule has 0 unspecified atom stereocenters. The highest BCUT2D eigenvalue weighted by atomic mass is 16.2. The van der Waals surface area contributed by atoms with Crippen LogP contribution in [0, 0.1) is 29.1 Å². The lowest BCUT2D eigenvalue weighted by Gasteiger charge is -2.23. The number of nitriles is 1. The van der Waals surface area contributed by atoms with Crippen LogP contribution in [0.5, 0.6) is 0 Å². The van der Waals surface area contributed by atoms with Crippen molar-refractivity contribution in [2.75, 3.05) is 31.1 Å². The number of hydrogen-bond donors (Lipinski definition) is 0.